The van der Waals surface area contributed by atoms with Crippen LogP contribution in [0.4, 0.5) is 0 Å². The van der Waals surface area contributed by atoms with E-state index in [4.69, 9.17) is 9.47 Å². The van der Waals surface area contributed by atoms with Gasteiger partial charge in [-0.25, -0.2) is 0 Å². The van der Waals surface area contributed by atoms with Crippen molar-refractivity contribution in [3.63, 3.8) is 0 Å². The van der Waals surface area contributed by atoms with Crippen LogP contribution in [0.25, 0.3) is 0 Å². The highest BCUT2D eigenvalue weighted by molar-refractivity contribution is 5.44. The third-order valence-electron chi connectivity index (χ3n) is 3.76. The lowest BCUT2D eigenvalue weighted by atomic mass is 10.1. The van der Waals surface area contributed by atoms with E-state index in [2.05, 4.69) is 36.4 Å². The number of nitrogens with zero attached hydrogens (tertiary/aromatic N) is 2. The van der Waals surface area contributed by atoms with Crippen molar-refractivity contribution in [2.75, 3.05) is 13.2 Å². The fourth-order valence-corrected chi connectivity index (χ4v) is 2.50. The molecule has 1 aromatic heterocycles. The molecule has 112 valence electrons. The van der Waals surface area contributed by atoms with Crippen LogP contribution in [0.3, 0.4) is 0 Å². The van der Waals surface area contributed by atoms with Gasteiger partial charge in [-0.1, -0.05) is 6.07 Å². The van der Waals surface area contributed by atoms with E-state index in [9.17, 15) is 0 Å². The van der Waals surface area contributed by atoms with Crippen LogP contribution in [0.15, 0.2) is 30.5 Å². The molecule has 1 aliphatic rings. The number of hydrogen-bond acceptors (Lipinski definition) is 4. The normalized spacial score (nSPS) is 15.0. The molecule has 0 radical (unpaired) electrons. The molecule has 0 amide bonds. The van der Waals surface area contributed by atoms with E-state index in [1.807, 2.05) is 23.0 Å². The van der Waals surface area contributed by atoms with Gasteiger partial charge in [0, 0.05) is 25.3 Å². The minimum Gasteiger partial charge on any atom is -0.486 e. The number of fused-ring (bicyclic) bond motifs is 1. The molecule has 0 saturated carbocycles. The molecule has 2 heterocycles. The summed E-state index contributed by atoms with van der Waals surface area (Å²) in [6.07, 6.45) is 1.84. The van der Waals surface area contributed by atoms with Crippen LogP contribution in [0.5, 0.6) is 11.5 Å². The van der Waals surface area contributed by atoms with Crippen molar-refractivity contribution < 1.29 is 9.47 Å². The third-order valence-corrected chi connectivity index (χ3v) is 3.76. The van der Waals surface area contributed by atoms with E-state index < -0.39 is 0 Å². The van der Waals surface area contributed by atoms with Gasteiger partial charge in [0.15, 0.2) is 11.5 Å². The zero-order chi connectivity index (χ0) is 14.7. The Labute approximate surface area is 124 Å². The predicted molar refractivity (Wildman–Crippen MR) is 80.6 cm³/mol. The van der Waals surface area contributed by atoms with Crippen LogP contribution >= 0.6 is 0 Å². The monoisotopic (exact) mass is 287 g/mol. The van der Waals surface area contributed by atoms with Gasteiger partial charge in [0.05, 0.1) is 5.69 Å². The molecule has 2 aromatic rings. The molecule has 1 N–H and O–H groups in total. The molecule has 5 heteroatoms. The summed E-state index contributed by atoms with van der Waals surface area (Å²) in [6.45, 7) is 7.18. The second-order valence-corrected chi connectivity index (χ2v) is 5.14. The number of aryl methyl sites for hydroxylation is 1. The first-order valence-corrected chi connectivity index (χ1v) is 7.41. The first kappa shape index (κ1) is 13.9. The number of ether oxygens (including phenoxy) is 2. The highest BCUT2D eigenvalue weighted by Crippen LogP contribution is 2.32. The van der Waals surface area contributed by atoms with Crippen LogP contribution in [-0.4, -0.2) is 23.0 Å². The molecule has 3 rings (SSSR count). The highest BCUT2D eigenvalue weighted by atomic mass is 16.6. The minimum absolute atomic E-state index is 0.237. The van der Waals surface area contributed by atoms with Crippen LogP contribution in [0.2, 0.25) is 0 Å². The molecule has 0 spiro atoms. The second kappa shape index (κ2) is 6.18. The minimum atomic E-state index is 0.237. The van der Waals surface area contributed by atoms with E-state index >= 15 is 0 Å². The Kier molecular flexibility index (Phi) is 4.10. The third kappa shape index (κ3) is 3.03. The Morgan fingerprint density at radius 1 is 1.24 bits per heavy atom. The Hall–Kier alpha value is -2.01. The molecule has 1 unspecified atom stereocenters. The maximum atomic E-state index is 5.63. The molecule has 0 aliphatic carbocycles. The van der Waals surface area contributed by atoms with Crippen molar-refractivity contribution in [1.82, 2.24) is 15.1 Å². The van der Waals surface area contributed by atoms with Gasteiger partial charge >= 0.3 is 0 Å². The quantitative estimate of drug-likeness (QED) is 0.918. The summed E-state index contributed by atoms with van der Waals surface area (Å²) in [5, 5.41) is 7.81. The molecule has 5 nitrogen and oxygen atoms in total. The Morgan fingerprint density at radius 2 is 2.05 bits per heavy atom. The maximum absolute atomic E-state index is 5.63. The van der Waals surface area contributed by atoms with E-state index in [1.54, 1.807) is 0 Å². The summed E-state index contributed by atoms with van der Waals surface area (Å²) >= 11 is 0. The lowest BCUT2D eigenvalue weighted by molar-refractivity contribution is 0.171. The van der Waals surface area contributed by atoms with Gasteiger partial charge in [-0.2, -0.15) is 5.10 Å². The smallest absolute Gasteiger partial charge is 0.161 e. The average molecular weight is 287 g/mol. The van der Waals surface area contributed by atoms with Crippen LogP contribution in [-0.2, 0) is 13.1 Å². The van der Waals surface area contributed by atoms with Crippen LogP contribution in [0, 0.1) is 0 Å². The van der Waals surface area contributed by atoms with Crippen LogP contribution in [0.1, 0.15) is 31.1 Å². The van der Waals surface area contributed by atoms with E-state index in [-0.39, 0.29) is 6.04 Å². The largest absolute Gasteiger partial charge is 0.486 e. The van der Waals surface area contributed by atoms with Gasteiger partial charge < -0.3 is 14.8 Å². The summed E-state index contributed by atoms with van der Waals surface area (Å²) in [5.41, 5.74) is 2.39. The van der Waals surface area contributed by atoms with Gasteiger partial charge in [-0.15, -0.1) is 0 Å². The van der Waals surface area contributed by atoms with Crippen molar-refractivity contribution in [1.29, 1.82) is 0 Å². The zero-order valence-electron chi connectivity index (χ0n) is 12.5. The fraction of sp³-hybridized carbons (Fsp3) is 0.438. The number of rotatable bonds is 5. The summed E-state index contributed by atoms with van der Waals surface area (Å²) in [4.78, 5) is 0. The number of aromatic nitrogens is 2. The first-order valence-electron chi connectivity index (χ1n) is 7.41. The molecule has 21 heavy (non-hydrogen) atoms. The fourth-order valence-electron chi connectivity index (χ4n) is 2.50. The molecule has 1 atom stereocenters. The Balaban J connectivity index is 1.66. The standard InChI is InChI=1S/C16H21N3O2/c1-3-19-14(6-7-18-19)11-17-12(2)13-4-5-15-16(10-13)21-9-8-20-15/h4-7,10,12,17H,3,8-9,11H2,1-2H3. The molecule has 0 saturated heterocycles. The van der Waals surface area contributed by atoms with Gasteiger partial charge in [-0.05, 0) is 37.6 Å². The van der Waals surface area contributed by atoms with Crippen molar-refractivity contribution in [2.45, 2.75) is 33.0 Å². The number of benzene rings is 1. The molecule has 1 aliphatic heterocycles. The summed E-state index contributed by atoms with van der Waals surface area (Å²) < 4.78 is 13.2. The number of nitrogens with one attached hydrogen (secondary N) is 1. The Bertz CT molecular complexity index is 609. The number of hydrogen-bond donors (Lipinski definition) is 1. The van der Waals surface area contributed by atoms with Gasteiger partial charge in [0.25, 0.3) is 0 Å². The van der Waals surface area contributed by atoms with Crippen molar-refractivity contribution >= 4 is 0 Å². The molecule has 0 bridgehead atoms. The molecular weight excluding hydrogens is 266 g/mol. The maximum Gasteiger partial charge on any atom is 0.161 e. The topological polar surface area (TPSA) is 48.3 Å². The predicted octanol–water partition coefficient (Wildman–Crippen LogP) is 2.53. The van der Waals surface area contributed by atoms with E-state index in [1.165, 1.54) is 11.3 Å². The van der Waals surface area contributed by atoms with E-state index in [0.717, 1.165) is 24.6 Å². The van der Waals surface area contributed by atoms with Crippen LogP contribution < -0.4 is 14.8 Å². The summed E-state index contributed by atoms with van der Waals surface area (Å²) in [7, 11) is 0. The zero-order valence-corrected chi connectivity index (χ0v) is 12.5. The lowest BCUT2D eigenvalue weighted by Gasteiger charge is -2.21. The average Bonchev–Trinajstić information content (AvgIpc) is 2.99. The van der Waals surface area contributed by atoms with Gasteiger partial charge in [0.2, 0.25) is 0 Å². The SMILES string of the molecule is CCn1nccc1CNC(C)c1ccc2c(c1)OCCO2. The van der Waals surface area contributed by atoms with Crippen molar-refractivity contribution in [3.8, 4) is 11.5 Å². The summed E-state index contributed by atoms with van der Waals surface area (Å²) in [5.74, 6) is 1.67. The Morgan fingerprint density at radius 3 is 2.86 bits per heavy atom. The van der Waals surface area contributed by atoms with Crippen molar-refractivity contribution in [3.05, 3.63) is 41.7 Å². The second-order valence-electron chi connectivity index (χ2n) is 5.14. The summed E-state index contributed by atoms with van der Waals surface area (Å²) in [6, 6.07) is 8.41. The van der Waals surface area contributed by atoms with E-state index in [0.29, 0.717) is 13.2 Å². The highest BCUT2D eigenvalue weighted by Gasteiger charge is 2.14. The molecule has 1 aromatic carbocycles. The molecular formula is C16H21N3O2. The van der Waals surface area contributed by atoms with Gasteiger partial charge in [-0.3, -0.25) is 4.68 Å². The lowest BCUT2D eigenvalue weighted by Crippen LogP contribution is -2.21. The van der Waals surface area contributed by atoms with Crippen molar-refractivity contribution in [2.24, 2.45) is 0 Å². The van der Waals surface area contributed by atoms with Gasteiger partial charge in [0.1, 0.15) is 13.2 Å². The first-order chi connectivity index (χ1) is 10.3. The molecule has 0 fully saturated rings.